The molecule has 0 bridgehead atoms. The van der Waals surface area contributed by atoms with Crippen molar-refractivity contribution < 1.29 is 14.0 Å². The van der Waals surface area contributed by atoms with Gasteiger partial charge in [-0.15, -0.1) is 0 Å². The second kappa shape index (κ2) is 5.79. The number of aryl methyl sites for hydroxylation is 2. The van der Waals surface area contributed by atoms with E-state index in [1.54, 1.807) is 6.07 Å². The van der Waals surface area contributed by atoms with Crippen molar-refractivity contribution in [1.82, 2.24) is 15.0 Å². The van der Waals surface area contributed by atoms with Crippen molar-refractivity contribution in [2.24, 2.45) is 0 Å². The summed E-state index contributed by atoms with van der Waals surface area (Å²) in [6.45, 7) is 4.10. The molecule has 5 nitrogen and oxygen atoms in total. The summed E-state index contributed by atoms with van der Waals surface area (Å²) in [5, 5.41) is 15.4. The molecule has 0 spiro atoms. The molecule has 3 rings (SSSR count). The van der Waals surface area contributed by atoms with Crippen LogP contribution in [0.15, 0.2) is 22.7 Å². The van der Waals surface area contributed by atoms with Crippen molar-refractivity contribution in [2.45, 2.75) is 20.0 Å². The summed E-state index contributed by atoms with van der Waals surface area (Å²) >= 11 is 0. The number of hydrogen-bond acceptors (Lipinski definition) is 4. The lowest BCUT2D eigenvalue weighted by Gasteiger charge is -2.17. The maximum absolute atomic E-state index is 13.7. The Bertz CT molecular complexity index is 832. The van der Waals surface area contributed by atoms with Gasteiger partial charge in [0.25, 0.3) is 0 Å². The second-order valence-corrected chi connectivity index (χ2v) is 6.08. The molecule has 1 atom stereocenters. The van der Waals surface area contributed by atoms with Gasteiger partial charge in [-0.1, -0.05) is 5.16 Å². The van der Waals surface area contributed by atoms with E-state index in [1.165, 1.54) is 12.1 Å². The number of fused-ring (bicyclic) bond motifs is 1. The van der Waals surface area contributed by atoms with Crippen LogP contribution in [-0.2, 0) is 0 Å². The largest absolute Gasteiger partial charge is 0.387 e. The standard InChI is InChI=1S/C17H20FN3O2/c1-9-15(10(2)23-20-9)17-16(14(22)8-21(3)4)12-7-11(18)5-6-13(12)19-17/h5-7,14,19,22H,8H2,1-4H3. The monoisotopic (exact) mass is 317 g/mol. The highest BCUT2D eigenvalue weighted by molar-refractivity contribution is 5.92. The molecule has 122 valence electrons. The Balaban J connectivity index is 2.28. The molecule has 0 amide bonds. The molecule has 0 saturated heterocycles. The third kappa shape index (κ3) is 2.75. The van der Waals surface area contributed by atoms with E-state index in [2.05, 4.69) is 10.1 Å². The molecule has 0 aliphatic carbocycles. The molecule has 2 N–H and O–H groups in total. The van der Waals surface area contributed by atoms with Crippen molar-refractivity contribution in [3.8, 4) is 11.3 Å². The average Bonchev–Trinajstić information content (AvgIpc) is 2.97. The first-order valence-electron chi connectivity index (χ1n) is 7.45. The molecule has 6 heteroatoms. The maximum atomic E-state index is 13.7. The highest BCUT2D eigenvalue weighted by atomic mass is 19.1. The Hall–Kier alpha value is -2.18. The molecule has 1 aromatic carbocycles. The van der Waals surface area contributed by atoms with Gasteiger partial charge < -0.3 is 19.5 Å². The summed E-state index contributed by atoms with van der Waals surface area (Å²) in [5.74, 6) is 0.327. The zero-order valence-electron chi connectivity index (χ0n) is 13.6. The predicted octanol–water partition coefficient (Wildman–Crippen LogP) is 3.17. The minimum Gasteiger partial charge on any atom is -0.387 e. The molecule has 0 saturated carbocycles. The number of hydrogen-bond donors (Lipinski definition) is 2. The Kier molecular flexibility index (Phi) is 3.95. The topological polar surface area (TPSA) is 65.3 Å². The Morgan fingerprint density at radius 3 is 2.70 bits per heavy atom. The van der Waals surface area contributed by atoms with Gasteiger partial charge in [-0.3, -0.25) is 0 Å². The molecule has 1 unspecified atom stereocenters. The Morgan fingerprint density at radius 2 is 2.09 bits per heavy atom. The van der Waals surface area contributed by atoms with E-state index in [-0.39, 0.29) is 5.82 Å². The van der Waals surface area contributed by atoms with Crippen molar-refractivity contribution in [3.05, 3.63) is 41.0 Å². The van der Waals surface area contributed by atoms with Gasteiger partial charge in [-0.25, -0.2) is 4.39 Å². The highest BCUT2D eigenvalue weighted by Gasteiger charge is 2.24. The molecule has 2 heterocycles. The van der Waals surface area contributed by atoms with Crippen LogP contribution in [0.2, 0.25) is 0 Å². The summed E-state index contributed by atoms with van der Waals surface area (Å²) in [6, 6.07) is 4.53. The van der Waals surface area contributed by atoms with Crippen LogP contribution < -0.4 is 0 Å². The number of H-pyrrole nitrogens is 1. The molecular weight excluding hydrogens is 297 g/mol. The highest BCUT2D eigenvalue weighted by Crippen LogP contribution is 2.38. The number of nitrogens with zero attached hydrogens (tertiary/aromatic N) is 2. The number of aliphatic hydroxyl groups is 1. The van der Waals surface area contributed by atoms with E-state index >= 15 is 0 Å². The van der Waals surface area contributed by atoms with Crippen molar-refractivity contribution >= 4 is 10.9 Å². The van der Waals surface area contributed by atoms with Crippen LogP contribution in [0.1, 0.15) is 23.1 Å². The van der Waals surface area contributed by atoms with Crippen LogP contribution in [0, 0.1) is 19.7 Å². The van der Waals surface area contributed by atoms with Crippen LogP contribution in [-0.4, -0.2) is 40.8 Å². The summed E-state index contributed by atoms with van der Waals surface area (Å²) in [4.78, 5) is 5.17. The van der Waals surface area contributed by atoms with Crippen LogP contribution in [0.3, 0.4) is 0 Å². The Labute approximate surface area is 133 Å². The lowest BCUT2D eigenvalue weighted by Crippen LogP contribution is -2.20. The number of benzene rings is 1. The predicted molar refractivity (Wildman–Crippen MR) is 86.7 cm³/mol. The summed E-state index contributed by atoms with van der Waals surface area (Å²) < 4.78 is 19.0. The molecule has 23 heavy (non-hydrogen) atoms. The number of nitrogens with one attached hydrogen (secondary N) is 1. The average molecular weight is 317 g/mol. The van der Waals surface area contributed by atoms with Crippen molar-refractivity contribution in [1.29, 1.82) is 0 Å². The van der Waals surface area contributed by atoms with Gasteiger partial charge >= 0.3 is 0 Å². The summed E-state index contributed by atoms with van der Waals surface area (Å²) in [5.41, 5.74) is 3.72. The van der Waals surface area contributed by atoms with Gasteiger partial charge in [0.05, 0.1) is 23.1 Å². The van der Waals surface area contributed by atoms with E-state index in [1.807, 2.05) is 32.8 Å². The molecule has 0 radical (unpaired) electrons. The first kappa shape index (κ1) is 15.7. The van der Waals surface area contributed by atoms with Gasteiger partial charge in [0.15, 0.2) is 0 Å². The van der Waals surface area contributed by atoms with Crippen molar-refractivity contribution in [3.63, 3.8) is 0 Å². The molecule has 0 fully saturated rings. The van der Waals surface area contributed by atoms with E-state index in [0.717, 1.165) is 22.5 Å². The fraction of sp³-hybridized carbons (Fsp3) is 0.353. The quantitative estimate of drug-likeness (QED) is 0.776. The fourth-order valence-electron chi connectivity index (χ4n) is 3.01. The number of aliphatic hydroxyl groups excluding tert-OH is 1. The minimum atomic E-state index is -0.760. The molecular formula is C17H20FN3O2. The normalized spacial score (nSPS) is 13.2. The maximum Gasteiger partial charge on any atom is 0.143 e. The lowest BCUT2D eigenvalue weighted by molar-refractivity contribution is 0.140. The van der Waals surface area contributed by atoms with E-state index in [9.17, 15) is 9.50 Å². The van der Waals surface area contributed by atoms with Crippen LogP contribution >= 0.6 is 0 Å². The van der Waals surface area contributed by atoms with E-state index in [0.29, 0.717) is 23.3 Å². The zero-order valence-corrected chi connectivity index (χ0v) is 13.6. The first-order valence-corrected chi connectivity index (χ1v) is 7.45. The Morgan fingerprint density at radius 1 is 1.35 bits per heavy atom. The molecule has 0 aliphatic heterocycles. The van der Waals surface area contributed by atoms with Crippen LogP contribution in [0.25, 0.3) is 22.2 Å². The number of aromatic amines is 1. The summed E-state index contributed by atoms with van der Waals surface area (Å²) in [6.07, 6.45) is -0.760. The smallest absolute Gasteiger partial charge is 0.143 e. The third-order valence-corrected chi connectivity index (χ3v) is 3.96. The molecule has 0 aliphatic rings. The van der Waals surface area contributed by atoms with Crippen LogP contribution in [0.4, 0.5) is 4.39 Å². The molecule has 3 aromatic rings. The first-order chi connectivity index (χ1) is 10.9. The van der Waals surface area contributed by atoms with Gasteiger partial charge in [0.1, 0.15) is 11.6 Å². The number of halogens is 1. The van der Waals surface area contributed by atoms with Crippen molar-refractivity contribution in [2.75, 3.05) is 20.6 Å². The number of rotatable bonds is 4. The number of likely N-dealkylation sites (N-methyl/N-ethyl adjacent to an activating group) is 1. The van der Waals surface area contributed by atoms with Gasteiger partial charge in [-0.05, 0) is 46.1 Å². The second-order valence-electron chi connectivity index (χ2n) is 6.08. The lowest BCUT2D eigenvalue weighted by atomic mass is 9.99. The summed E-state index contributed by atoms with van der Waals surface area (Å²) in [7, 11) is 3.77. The van der Waals surface area contributed by atoms with E-state index < -0.39 is 6.10 Å². The third-order valence-electron chi connectivity index (χ3n) is 3.96. The van der Waals surface area contributed by atoms with Crippen LogP contribution in [0.5, 0.6) is 0 Å². The zero-order chi connectivity index (χ0) is 16.7. The minimum absolute atomic E-state index is 0.333. The fourth-order valence-corrected chi connectivity index (χ4v) is 3.01. The van der Waals surface area contributed by atoms with Gasteiger partial charge in [0.2, 0.25) is 0 Å². The van der Waals surface area contributed by atoms with Gasteiger partial charge in [-0.2, -0.15) is 0 Å². The SMILES string of the molecule is Cc1noc(C)c1-c1[nH]c2ccc(F)cc2c1C(O)CN(C)C. The van der Waals surface area contributed by atoms with E-state index in [4.69, 9.17) is 4.52 Å². The number of aromatic nitrogens is 2. The van der Waals surface area contributed by atoms with Gasteiger partial charge in [0, 0.05) is 23.0 Å². The molecule has 2 aromatic heterocycles.